The minimum absolute atomic E-state index is 0.170. The number of hydrogen-bond donors (Lipinski definition) is 0. The molecule has 5 rings (SSSR count). The molecule has 0 spiro atoms. The molecule has 0 aliphatic carbocycles. The minimum Gasteiger partial charge on any atom is -0.341 e. The number of fused-ring (bicyclic) bond motifs is 1. The topological polar surface area (TPSA) is 54.3 Å². The molecule has 6 nitrogen and oxygen atoms in total. The van der Waals surface area contributed by atoms with Crippen LogP contribution >= 0.6 is 23.1 Å². The number of thiophene rings is 1. The van der Waals surface area contributed by atoms with E-state index >= 15 is 0 Å². The maximum absolute atomic E-state index is 13.2. The first-order valence-corrected chi connectivity index (χ1v) is 12.7. The average Bonchev–Trinajstić information content (AvgIpc) is 3.46. The number of thioether (sulfide) groups is 1. The molecule has 162 valence electrons. The van der Waals surface area contributed by atoms with Crippen LogP contribution in [0, 0.1) is 0 Å². The Labute approximate surface area is 191 Å². The third-order valence-corrected chi connectivity index (χ3v) is 8.07. The predicted octanol–water partition coefficient (Wildman–Crippen LogP) is 4.38. The summed E-state index contributed by atoms with van der Waals surface area (Å²) in [5.74, 6) is 1.05. The van der Waals surface area contributed by atoms with Crippen LogP contribution in [0.4, 0.5) is 5.95 Å². The van der Waals surface area contributed by atoms with Crippen LogP contribution in [-0.4, -0.2) is 50.5 Å². The number of nitrogens with zero attached hydrogens (tertiary/aromatic N) is 5. The summed E-state index contributed by atoms with van der Waals surface area (Å²) in [6.07, 6.45) is 4.58. The van der Waals surface area contributed by atoms with Crippen LogP contribution in [0.15, 0.2) is 46.9 Å². The first-order chi connectivity index (χ1) is 15.2. The third-order valence-electron chi connectivity index (χ3n) is 6.02. The van der Waals surface area contributed by atoms with Crippen molar-refractivity contribution in [2.75, 3.05) is 24.5 Å². The van der Waals surface area contributed by atoms with E-state index in [1.165, 1.54) is 41.5 Å². The number of anilines is 1. The monoisotopic (exact) mass is 453 g/mol. The van der Waals surface area contributed by atoms with Gasteiger partial charge in [0.1, 0.15) is 0 Å². The van der Waals surface area contributed by atoms with Crippen LogP contribution in [0.2, 0.25) is 0 Å². The lowest BCUT2D eigenvalue weighted by Crippen LogP contribution is -2.39. The number of amides is 1. The van der Waals surface area contributed by atoms with E-state index in [0.29, 0.717) is 6.54 Å². The van der Waals surface area contributed by atoms with Gasteiger partial charge >= 0.3 is 0 Å². The van der Waals surface area contributed by atoms with Crippen LogP contribution < -0.4 is 4.90 Å². The summed E-state index contributed by atoms with van der Waals surface area (Å²) < 4.78 is 2.12. The van der Waals surface area contributed by atoms with Crippen LogP contribution in [-0.2, 0) is 17.8 Å². The maximum Gasteiger partial charge on any atom is 0.236 e. The van der Waals surface area contributed by atoms with E-state index in [9.17, 15) is 4.79 Å². The van der Waals surface area contributed by atoms with E-state index < -0.39 is 0 Å². The molecule has 1 amide bonds. The second kappa shape index (κ2) is 9.04. The smallest absolute Gasteiger partial charge is 0.236 e. The summed E-state index contributed by atoms with van der Waals surface area (Å²) in [6, 6.07) is 12.4. The van der Waals surface area contributed by atoms with Gasteiger partial charge in [-0.1, -0.05) is 30.0 Å². The summed E-state index contributed by atoms with van der Waals surface area (Å²) >= 11 is 3.31. The summed E-state index contributed by atoms with van der Waals surface area (Å²) in [6.45, 7) is 5.50. The second-order valence-electron chi connectivity index (χ2n) is 8.14. The molecule has 2 aliphatic heterocycles. The van der Waals surface area contributed by atoms with Gasteiger partial charge in [0.2, 0.25) is 11.9 Å². The fraction of sp³-hybridized carbons (Fsp3) is 0.435. The van der Waals surface area contributed by atoms with E-state index in [1.807, 2.05) is 30.0 Å². The van der Waals surface area contributed by atoms with Crippen molar-refractivity contribution in [1.29, 1.82) is 0 Å². The molecule has 1 fully saturated rings. The Morgan fingerprint density at radius 2 is 1.87 bits per heavy atom. The summed E-state index contributed by atoms with van der Waals surface area (Å²) in [5, 5.41) is 11.8. The molecule has 1 atom stereocenters. The van der Waals surface area contributed by atoms with E-state index in [-0.39, 0.29) is 11.2 Å². The Kier molecular flexibility index (Phi) is 6.00. The van der Waals surface area contributed by atoms with Crippen molar-refractivity contribution < 1.29 is 4.79 Å². The number of piperidine rings is 1. The van der Waals surface area contributed by atoms with Gasteiger partial charge in [-0.2, -0.15) is 0 Å². The number of rotatable bonds is 5. The molecular weight excluding hydrogens is 426 g/mol. The molecular formula is C23H27N5OS2. The van der Waals surface area contributed by atoms with Crippen molar-refractivity contribution >= 4 is 35.0 Å². The van der Waals surface area contributed by atoms with Gasteiger partial charge < -0.3 is 9.80 Å². The zero-order chi connectivity index (χ0) is 21.2. The molecule has 1 aromatic carbocycles. The number of para-hydroxylation sites is 1. The lowest BCUT2D eigenvalue weighted by atomic mass is 10.1. The van der Waals surface area contributed by atoms with Crippen molar-refractivity contribution in [2.45, 2.75) is 49.6 Å². The van der Waals surface area contributed by atoms with E-state index in [1.54, 1.807) is 11.3 Å². The number of hydrogen-bond acceptors (Lipinski definition) is 6. The number of aromatic nitrogens is 3. The molecule has 0 N–H and O–H groups in total. The molecule has 0 bridgehead atoms. The third kappa shape index (κ3) is 4.23. The highest BCUT2D eigenvalue weighted by atomic mass is 32.2. The fourth-order valence-electron chi connectivity index (χ4n) is 4.34. The molecule has 3 aromatic rings. The highest BCUT2D eigenvalue weighted by Crippen LogP contribution is 2.32. The Morgan fingerprint density at radius 3 is 2.68 bits per heavy atom. The van der Waals surface area contributed by atoms with Gasteiger partial charge in [-0.05, 0) is 61.7 Å². The van der Waals surface area contributed by atoms with E-state index in [0.717, 1.165) is 42.8 Å². The van der Waals surface area contributed by atoms with Crippen LogP contribution in [0.1, 0.15) is 36.6 Å². The van der Waals surface area contributed by atoms with Gasteiger partial charge in [0.25, 0.3) is 0 Å². The lowest BCUT2D eigenvalue weighted by molar-refractivity contribution is -0.131. The van der Waals surface area contributed by atoms with Crippen molar-refractivity contribution in [1.82, 2.24) is 19.7 Å². The molecule has 4 heterocycles. The zero-order valence-corrected chi connectivity index (χ0v) is 19.4. The number of carbonyl (C=O) groups is 1. The van der Waals surface area contributed by atoms with Crippen molar-refractivity contribution in [3.8, 4) is 5.69 Å². The summed E-state index contributed by atoms with van der Waals surface area (Å²) in [7, 11) is 0. The predicted molar refractivity (Wildman–Crippen MR) is 126 cm³/mol. The SMILES string of the molecule is CC(Sc1nnc(N2CCCCC2)n1-c1ccccc1)C(=O)N1CCc2sccc2C1. The van der Waals surface area contributed by atoms with Gasteiger partial charge in [0.15, 0.2) is 5.16 Å². The summed E-state index contributed by atoms with van der Waals surface area (Å²) in [5.41, 5.74) is 2.33. The largest absolute Gasteiger partial charge is 0.341 e. The normalized spacial score (nSPS) is 17.5. The number of carbonyl (C=O) groups excluding carboxylic acids is 1. The first-order valence-electron chi connectivity index (χ1n) is 11.0. The zero-order valence-electron chi connectivity index (χ0n) is 17.7. The van der Waals surface area contributed by atoms with Crippen LogP contribution in [0.25, 0.3) is 5.69 Å². The molecule has 2 aliphatic rings. The van der Waals surface area contributed by atoms with Gasteiger partial charge in [-0.15, -0.1) is 21.5 Å². The molecule has 0 radical (unpaired) electrons. The highest BCUT2D eigenvalue weighted by Gasteiger charge is 2.29. The van der Waals surface area contributed by atoms with Crippen molar-refractivity contribution in [3.05, 3.63) is 52.2 Å². The van der Waals surface area contributed by atoms with Gasteiger partial charge in [0.05, 0.1) is 10.9 Å². The van der Waals surface area contributed by atoms with Crippen molar-refractivity contribution in [2.24, 2.45) is 0 Å². The molecule has 31 heavy (non-hydrogen) atoms. The lowest BCUT2D eigenvalue weighted by Gasteiger charge is -2.29. The van der Waals surface area contributed by atoms with E-state index in [2.05, 4.69) is 43.2 Å². The van der Waals surface area contributed by atoms with Crippen LogP contribution in [0.5, 0.6) is 0 Å². The Balaban J connectivity index is 1.38. The van der Waals surface area contributed by atoms with Gasteiger partial charge in [-0.25, -0.2) is 0 Å². The maximum atomic E-state index is 13.2. The number of benzene rings is 1. The highest BCUT2D eigenvalue weighted by molar-refractivity contribution is 8.00. The average molecular weight is 454 g/mol. The Bertz CT molecular complexity index is 1040. The van der Waals surface area contributed by atoms with Gasteiger partial charge in [-0.3, -0.25) is 9.36 Å². The standard InChI is InChI=1S/C23H27N5OS2/c1-17(21(29)27-14-10-20-18(16-27)11-15-30-20)31-23-25-24-22(26-12-6-3-7-13-26)28(23)19-8-4-2-5-9-19/h2,4-5,8-9,11,15,17H,3,6-7,10,12-14,16H2,1H3. The van der Waals surface area contributed by atoms with E-state index in [4.69, 9.17) is 0 Å². The fourth-order valence-corrected chi connectivity index (χ4v) is 6.18. The minimum atomic E-state index is -0.221. The summed E-state index contributed by atoms with van der Waals surface area (Å²) in [4.78, 5) is 19.0. The molecule has 1 saturated heterocycles. The molecule has 8 heteroatoms. The van der Waals surface area contributed by atoms with Crippen molar-refractivity contribution in [3.63, 3.8) is 0 Å². The first kappa shape index (κ1) is 20.6. The van der Waals surface area contributed by atoms with Crippen LogP contribution in [0.3, 0.4) is 0 Å². The quantitative estimate of drug-likeness (QED) is 0.537. The molecule has 1 unspecified atom stereocenters. The second-order valence-corrected chi connectivity index (χ2v) is 10.4. The molecule has 0 saturated carbocycles. The van der Waals surface area contributed by atoms with Gasteiger partial charge in [0, 0.05) is 31.1 Å². The molecule has 2 aromatic heterocycles. The Hall–Kier alpha value is -2.32. The Morgan fingerprint density at radius 1 is 1.06 bits per heavy atom.